The number of benzene rings is 1. The fourth-order valence-electron chi connectivity index (χ4n) is 5.67. The van der Waals surface area contributed by atoms with Gasteiger partial charge in [-0.2, -0.15) is 0 Å². The molecule has 2 aliphatic rings. The Labute approximate surface area is 217 Å². The average Bonchev–Trinajstić information content (AvgIpc) is 3.68. The molecule has 1 aromatic carbocycles. The van der Waals surface area contributed by atoms with Crippen LogP contribution in [0.25, 0.3) is 15.4 Å². The van der Waals surface area contributed by atoms with Gasteiger partial charge < -0.3 is 15.1 Å². The van der Waals surface area contributed by atoms with Crippen LogP contribution in [0.1, 0.15) is 45.9 Å². The van der Waals surface area contributed by atoms with Gasteiger partial charge in [0.05, 0.1) is 16.6 Å². The van der Waals surface area contributed by atoms with Gasteiger partial charge in [0.1, 0.15) is 11.4 Å². The lowest BCUT2D eigenvalue weighted by molar-refractivity contribution is 0.0577. The topological polar surface area (TPSA) is 82.8 Å². The van der Waals surface area contributed by atoms with Gasteiger partial charge >= 0.3 is 0 Å². The highest BCUT2D eigenvalue weighted by atomic mass is 32.1. The van der Waals surface area contributed by atoms with E-state index in [-0.39, 0.29) is 23.9 Å². The second-order valence-electron chi connectivity index (χ2n) is 9.75. The highest BCUT2D eigenvalue weighted by Gasteiger charge is 2.49. The molecule has 1 N–H and O–H groups in total. The van der Waals surface area contributed by atoms with Gasteiger partial charge in [0.15, 0.2) is 10.1 Å². The Hall–Kier alpha value is -3.24. The number of carbonyl (C=O) groups is 2. The smallest absolute Gasteiger partial charge is 0.274 e. The van der Waals surface area contributed by atoms with E-state index >= 15 is 0 Å². The van der Waals surface area contributed by atoms with E-state index in [0.29, 0.717) is 29.5 Å². The predicted octanol–water partition coefficient (Wildman–Crippen LogP) is 4.32. The number of hydrogen-bond acceptors (Lipinski definition) is 7. The van der Waals surface area contributed by atoms with Crippen molar-refractivity contribution in [3.63, 3.8) is 0 Å². The highest BCUT2D eigenvalue weighted by molar-refractivity contribution is 7.19. The fourth-order valence-corrected chi connectivity index (χ4v) is 7.42. The lowest BCUT2D eigenvalue weighted by atomic mass is 9.98. The minimum atomic E-state index is -0.151. The molecule has 0 spiro atoms. The third kappa shape index (κ3) is 3.79. The van der Waals surface area contributed by atoms with Crippen molar-refractivity contribution < 1.29 is 9.59 Å². The van der Waals surface area contributed by atoms with Gasteiger partial charge in [0.2, 0.25) is 0 Å². The van der Waals surface area contributed by atoms with Crippen LogP contribution in [0.15, 0.2) is 41.9 Å². The fraction of sp³-hybridized carbons (Fsp3) is 0.385. The van der Waals surface area contributed by atoms with Crippen molar-refractivity contribution in [3.05, 3.63) is 59.0 Å². The minimum absolute atomic E-state index is 0.0367. The number of thiazole rings is 2. The van der Waals surface area contributed by atoms with Crippen molar-refractivity contribution in [1.82, 2.24) is 24.6 Å². The Bertz CT molecular complexity index is 1440. The molecule has 4 heterocycles. The second-order valence-corrected chi connectivity index (χ2v) is 11.6. The zero-order valence-electron chi connectivity index (χ0n) is 20.5. The van der Waals surface area contributed by atoms with Crippen molar-refractivity contribution in [1.29, 1.82) is 0 Å². The number of aryl methyl sites for hydroxylation is 1. The molecular weight excluding hydrogens is 492 g/mol. The number of aromatic nitrogens is 3. The number of nitrogens with one attached hydrogen (secondary N) is 1. The number of amides is 2. The first-order chi connectivity index (χ1) is 17.4. The highest BCUT2D eigenvalue weighted by Crippen LogP contribution is 2.44. The summed E-state index contributed by atoms with van der Waals surface area (Å²) in [5.74, 6) is 0.201. The summed E-state index contributed by atoms with van der Waals surface area (Å²) in [5, 5.41) is 5.86. The number of rotatable bonds is 6. The summed E-state index contributed by atoms with van der Waals surface area (Å²) in [5.41, 5.74) is 2.78. The third-order valence-corrected chi connectivity index (χ3v) is 9.36. The molecule has 1 saturated carbocycles. The molecule has 36 heavy (non-hydrogen) atoms. The molecule has 3 atom stereocenters. The molecule has 1 saturated heterocycles. The minimum Gasteiger partial charge on any atom is -0.354 e. The molecule has 2 bridgehead atoms. The van der Waals surface area contributed by atoms with Crippen molar-refractivity contribution in [2.75, 3.05) is 25.5 Å². The first-order valence-corrected chi connectivity index (χ1v) is 13.9. The van der Waals surface area contributed by atoms with E-state index in [1.54, 1.807) is 0 Å². The van der Waals surface area contributed by atoms with Crippen LogP contribution in [0.2, 0.25) is 0 Å². The zero-order chi connectivity index (χ0) is 25.0. The summed E-state index contributed by atoms with van der Waals surface area (Å²) >= 11 is 3.05. The number of nitrogens with zero attached hydrogens (tertiary/aromatic N) is 5. The molecule has 1 aliphatic carbocycles. The molecule has 2 amide bonds. The van der Waals surface area contributed by atoms with Crippen molar-refractivity contribution >= 4 is 44.6 Å². The number of likely N-dealkylation sites (tertiary alicyclic amines) is 1. The second kappa shape index (κ2) is 9.01. The summed E-state index contributed by atoms with van der Waals surface area (Å²) in [7, 11) is 3.89. The first kappa shape index (κ1) is 23.2. The number of imidazole rings is 1. The molecule has 10 heteroatoms. The number of carbonyl (C=O) groups excluding carboxylic acids is 2. The summed E-state index contributed by atoms with van der Waals surface area (Å²) in [6, 6.07) is 10.1. The van der Waals surface area contributed by atoms with E-state index in [4.69, 9.17) is 4.98 Å². The average molecular weight is 521 g/mol. The van der Waals surface area contributed by atoms with Crippen molar-refractivity contribution in [2.24, 2.45) is 5.92 Å². The van der Waals surface area contributed by atoms with Gasteiger partial charge in [0.25, 0.3) is 11.8 Å². The van der Waals surface area contributed by atoms with Gasteiger partial charge in [-0.05, 0) is 37.7 Å². The molecule has 4 aromatic rings. The molecule has 1 aliphatic heterocycles. The molecule has 6 rings (SSSR count). The molecular formula is C26H28N6O2S2. The summed E-state index contributed by atoms with van der Waals surface area (Å²) in [4.78, 5) is 42.2. The standard InChI is InChI=1S/C26H28N6O2S2/c1-15-21(31-11-12-35-26(31)28-15)23(33)27-14-19-17-9-10-18(13-17)32(19)24(34)20-22(16-7-5-4-6-8-16)36-25(29-20)30(2)3/h4-8,11-12,17-19H,9-10,13-14H2,1-3H3,(H,27,33)/t17-,18+,19+/m0/s1. The normalized spacial score (nSPS) is 20.9. The Morgan fingerprint density at radius 1 is 1.17 bits per heavy atom. The number of fused-ring (bicyclic) bond motifs is 3. The largest absolute Gasteiger partial charge is 0.354 e. The molecule has 0 unspecified atom stereocenters. The van der Waals surface area contributed by atoms with Crippen LogP contribution in [0.3, 0.4) is 0 Å². The van der Waals surface area contributed by atoms with E-state index in [0.717, 1.165) is 39.8 Å². The molecule has 3 aromatic heterocycles. The van der Waals surface area contributed by atoms with E-state index in [1.165, 1.54) is 22.7 Å². The maximum absolute atomic E-state index is 14.1. The maximum Gasteiger partial charge on any atom is 0.274 e. The summed E-state index contributed by atoms with van der Waals surface area (Å²) in [6.07, 6.45) is 4.94. The number of piperidine rings is 1. The Kier molecular flexibility index (Phi) is 5.80. The van der Waals surface area contributed by atoms with Crippen molar-refractivity contribution in [2.45, 2.75) is 38.3 Å². The Balaban J connectivity index is 1.28. The van der Waals surface area contributed by atoms with Crippen LogP contribution in [-0.2, 0) is 0 Å². The molecule has 2 fully saturated rings. The zero-order valence-corrected chi connectivity index (χ0v) is 22.1. The number of anilines is 1. The van der Waals surface area contributed by atoms with Gasteiger partial charge in [-0.3, -0.25) is 14.0 Å². The van der Waals surface area contributed by atoms with E-state index < -0.39 is 0 Å². The van der Waals surface area contributed by atoms with E-state index in [9.17, 15) is 9.59 Å². The lowest BCUT2D eigenvalue weighted by Gasteiger charge is -2.35. The van der Waals surface area contributed by atoms with Crippen LogP contribution in [0.4, 0.5) is 5.13 Å². The molecule has 8 nitrogen and oxygen atoms in total. The first-order valence-electron chi connectivity index (χ1n) is 12.2. The monoisotopic (exact) mass is 520 g/mol. The Morgan fingerprint density at radius 3 is 2.75 bits per heavy atom. The molecule has 0 radical (unpaired) electrons. The van der Waals surface area contributed by atoms with Gasteiger partial charge in [-0.25, -0.2) is 9.97 Å². The third-order valence-electron chi connectivity index (χ3n) is 7.34. The maximum atomic E-state index is 14.1. The predicted molar refractivity (Wildman–Crippen MR) is 143 cm³/mol. The van der Waals surface area contributed by atoms with Gasteiger partial charge in [-0.15, -0.1) is 11.3 Å². The van der Waals surface area contributed by atoms with Crippen LogP contribution in [0, 0.1) is 12.8 Å². The van der Waals surface area contributed by atoms with Crippen LogP contribution in [0.5, 0.6) is 0 Å². The lowest BCUT2D eigenvalue weighted by Crippen LogP contribution is -2.50. The summed E-state index contributed by atoms with van der Waals surface area (Å²) in [6.45, 7) is 2.28. The van der Waals surface area contributed by atoms with Gasteiger partial charge in [-0.1, -0.05) is 41.7 Å². The van der Waals surface area contributed by atoms with E-state index in [1.807, 2.05) is 77.1 Å². The number of hydrogen-bond donors (Lipinski definition) is 1. The van der Waals surface area contributed by atoms with Crippen molar-refractivity contribution in [3.8, 4) is 10.4 Å². The van der Waals surface area contributed by atoms with E-state index in [2.05, 4.69) is 10.3 Å². The van der Waals surface area contributed by atoms with Crippen LogP contribution in [-0.4, -0.2) is 63.8 Å². The van der Waals surface area contributed by atoms with Crippen LogP contribution >= 0.6 is 22.7 Å². The summed E-state index contributed by atoms with van der Waals surface area (Å²) < 4.78 is 1.84. The van der Waals surface area contributed by atoms with Crippen LogP contribution < -0.4 is 10.2 Å². The SMILES string of the molecule is Cc1nc2sccn2c1C(=O)NC[C@@H]1[C@H]2CC[C@H](C2)N1C(=O)c1nc(N(C)C)sc1-c1ccccc1. The van der Waals surface area contributed by atoms with Gasteiger partial charge in [0, 0.05) is 38.3 Å². The molecule has 186 valence electrons. The quantitative estimate of drug-likeness (QED) is 0.410. The Morgan fingerprint density at radius 2 is 1.97 bits per heavy atom.